The number of hydrogen-bond donors (Lipinski definition) is 3. The minimum Gasteiger partial charge on any atom is -0.370 e. The molecule has 1 aliphatic rings. The first-order chi connectivity index (χ1) is 9.76. The van der Waals surface area contributed by atoms with Gasteiger partial charge in [-0.3, -0.25) is 0 Å². The highest BCUT2D eigenvalue weighted by molar-refractivity contribution is 5.47. The van der Waals surface area contributed by atoms with Gasteiger partial charge in [0.05, 0.1) is 0 Å². The van der Waals surface area contributed by atoms with Gasteiger partial charge in [0.2, 0.25) is 0 Å². The fraction of sp³-hybridized carbons (Fsp3) is 0.714. The molecule has 6 nitrogen and oxygen atoms in total. The van der Waals surface area contributed by atoms with Gasteiger partial charge in [-0.1, -0.05) is 13.8 Å². The lowest BCUT2D eigenvalue weighted by Gasteiger charge is -2.18. The highest BCUT2D eigenvalue weighted by atomic mass is 15.3. The van der Waals surface area contributed by atoms with E-state index in [1.165, 1.54) is 12.8 Å². The van der Waals surface area contributed by atoms with Crippen molar-refractivity contribution < 1.29 is 0 Å². The summed E-state index contributed by atoms with van der Waals surface area (Å²) in [6.07, 6.45) is 3.49. The minimum atomic E-state index is 0.527. The summed E-state index contributed by atoms with van der Waals surface area (Å²) in [6.45, 7) is 8.64. The van der Waals surface area contributed by atoms with E-state index in [2.05, 4.69) is 39.5 Å². The van der Waals surface area contributed by atoms with Crippen LogP contribution in [0.15, 0.2) is 6.07 Å². The largest absolute Gasteiger partial charge is 0.370 e. The molecule has 1 aromatic rings. The Kier molecular flexibility index (Phi) is 5.55. The number of nitrogens with zero attached hydrogens (tertiary/aromatic N) is 3. The molecule has 1 saturated carbocycles. The van der Waals surface area contributed by atoms with Crippen molar-refractivity contribution in [2.75, 3.05) is 36.9 Å². The molecule has 0 amide bonds. The van der Waals surface area contributed by atoms with E-state index in [0.29, 0.717) is 11.7 Å². The monoisotopic (exact) mass is 278 g/mol. The summed E-state index contributed by atoms with van der Waals surface area (Å²) in [4.78, 5) is 11.4. The van der Waals surface area contributed by atoms with E-state index in [1.807, 2.05) is 6.07 Å². The Morgan fingerprint density at radius 3 is 2.55 bits per heavy atom. The SMILES string of the molecule is CCN(CC)CCCNc1cc(NN)nc(C2CC2)n1. The highest BCUT2D eigenvalue weighted by Gasteiger charge is 2.27. The lowest BCUT2D eigenvalue weighted by atomic mass is 10.3. The maximum Gasteiger partial charge on any atom is 0.145 e. The molecule has 1 heterocycles. The third-order valence-corrected chi connectivity index (χ3v) is 3.69. The third kappa shape index (κ3) is 4.31. The molecule has 6 heteroatoms. The number of hydrazine groups is 1. The van der Waals surface area contributed by atoms with E-state index in [0.717, 1.165) is 44.2 Å². The molecule has 2 rings (SSSR count). The van der Waals surface area contributed by atoms with Crippen LogP contribution in [0, 0.1) is 0 Å². The smallest absolute Gasteiger partial charge is 0.145 e. The van der Waals surface area contributed by atoms with Gasteiger partial charge in [-0.2, -0.15) is 0 Å². The van der Waals surface area contributed by atoms with Crippen LogP contribution < -0.4 is 16.6 Å². The molecule has 0 saturated heterocycles. The van der Waals surface area contributed by atoms with Crippen molar-refractivity contribution in [1.29, 1.82) is 0 Å². The predicted octanol–water partition coefficient (Wildman–Crippen LogP) is 1.78. The van der Waals surface area contributed by atoms with Gasteiger partial charge in [0.25, 0.3) is 0 Å². The molecule has 0 unspecified atom stereocenters. The van der Waals surface area contributed by atoms with E-state index in [-0.39, 0.29) is 0 Å². The number of aromatic nitrogens is 2. The molecular weight excluding hydrogens is 252 g/mol. The van der Waals surface area contributed by atoms with Crippen LogP contribution in [0.5, 0.6) is 0 Å². The van der Waals surface area contributed by atoms with Crippen LogP contribution in [0.1, 0.15) is 44.9 Å². The van der Waals surface area contributed by atoms with E-state index in [9.17, 15) is 0 Å². The summed E-state index contributed by atoms with van der Waals surface area (Å²) in [7, 11) is 0. The molecule has 4 N–H and O–H groups in total. The number of nitrogens with two attached hydrogens (primary N) is 1. The van der Waals surface area contributed by atoms with Gasteiger partial charge in [-0.15, -0.1) is 0 Å². The van der Waals surface area contributed by atoms with Gasteiger partial charge in [-0.25, -0.2) is 15.8 Å². The second kappa shape index (κ2) is 7.40. The Hall–Kier alpha value is -1.40. The zero-order valence-electron chi connectivity index (χ0n) is 12.5. The zero-order chi connectivity index (χ0) is 14.4. The molecule has 1 fully saturated rings. The van der Waals surface area contributed by atoms with Gasteiger partial charge < -0.3 is 15.6 Å². The van der Waals surface area contributed by atoms with Gasteiger partial charge in [-0.05, 0) is 38.9 Å². The highest BCUT2D eigenvalue weighted by Crippen LogP contribution is 2.38. The van der Waals surface area contributed by atoms with E-state index < -0.39 is 0 Å². The Bertz CT molecular complexity index is 414. The molecule has 0 atom stereocenters. The molecule has 20 heavy (non-hydrogen) atoms. The van der Waals surface area contributed by atoms with Crippen LogP contribution in [0.2, 0.25) is 0 Å². The zero-order valence-corrected chi connectivity index (χ0v) is 12.5. The van der Waals surface area contributed by atoms with Crippen LogP contribution >= 0.6 is 0 Å². The second-order valence-electron chi connectivity index (χ2n) is 5.22. The molecule has 112 valence electrons. The normalized spacial score (nSPS) is 14.6. The summed E-state index contributed by atoms with van der Waals surface area (Å²) in [5, 5.41) is 3.37. The van der Waals surface area contributed by atoms with Gasteiger partial charge >= 0.3 is 0 Å². The minimum absolute atomic E-state index is 0.527. The predicted molar refractivity (Wildman–Crippen MR) is 82.7 cm³/mol. The summed E-state index contributed by atoms with van der Waals surface area (Å²) >= 11 is 0. The first-order valence-electron chi connectivity index (χ1n) is 7.58. The van der Waals surface area contributed by atoms with Crippen LogP contribution in [0.25, 0.3) is 0 Å². The second-order valence-corrected chi connectivity index (χ2v) is 5.22. The average Bonchev–Trinajstić information content (AvgIpc) is 3.32. The Labute approximate surface area is 121 Å². The number of anilines is 2. The molecule has 0 spiro atoms. The maximum absolute atomic E-state index is 5.46. The number of rotatable bonds is 9. The maximum atomic E-state index is 5.46. The van der Waals surface area contributed by atoms with Crippen molar-refractivity contribution in [3.05, 3.63) is 11.9 Å². The van der Waals surface area contributed by atoms with Crippen molar-refractivity contribution >= 4 is 11.6 Å². The van der Waals surface area contributed by atoms with Crippen LogP contribution in [-0.4, -0.2) is 41.0 Å². The van der Waals surface area contributed by atoms with Crippen molar-refractivity contribution in [3.63, 3.8) is 0 Å². The summed E-state index contributed by atoms with van der Waals surface area (Å²) in [5.41, 5.74) is 2.62. The van der Waals surface area contributed by atoms with Crippen molar-refractivity contribution in [2.24, 2.45) is 5.84 Å². The number of hydrogen-bond acceptors (Lipinski definition) is 6. The van der Waals surface area contributed by atoms with E-state index in [4.69, 9.17) is 5.84 Å². The topological polar surface area (TPSA) is 79.1 Å². The molecular formula is C14H26N6. The first kappa shape index (κ1) is 15.0. The van der Waals surface area contributed by atoms with E-state index in [1.54, 1.807) is 0 Å². The fourth-order valence-corrected chi connectivity index (χ4v) is 2.21. The quantitative estimate of drug-likeness (QED) is 0.363. The average molecular weight is 278 g/mol. The summed E-state index contributed by atoms with van der Waals surface area (Å²) in [5.74, 6) is 8.46. The third-order valence-electron chi connectivity index (χ3n) is 3.69. The number of nitrogen functional groups attached to an aromatic ring is 1. The fourth-order valence-electron chi connectivity index (χ4n) is 2.21. The number of nitrogens with one attached hydrogen (secondary N) is 2. The van der Waals surface area contributed by atoms with Crippen molar-refractivity contribution in [2.45, 2.75) is 39.0 Å². The lowest BCUT2D eigenvalue weighted by Crippen LogP contribution is -2.25. The van der Waals surface area contributed by atoms with Crippen LogP contribution in [-0.2, 0) is 0 Å². The molecule has 0 aliphatic heterocycles. The lowest BCUT2D eigenvalue weighted by molar-refractivity contribution is 0.303. The van der Waals surface area contributed by atoms with Gasteiger partial charge in [0.1, 0.15) is 17.5 Å². The van der Waals surface area contributed by atoms with E-state index >= 15 is 0 Å². The molecule has 0 radical (unpaired) electrons. The molecule has 0 aromatic carbocycles. The van der Waals surface area contributed by atoms with Crippen LogP contribution in [0.4, 0.5) is 11.6 Å². The molecule has 1 aromatic heterocycles. The van der Waals surface area contributed by atoms with Gasteiger partial charge in [0.15, 0.2) is 0 Å². The van der Waals surface area contributed by atoms with Crippen molar-refractivity contribution in [1.82, 2.24) is 14.9 Å². The van der Waals surface area contributed by atoms with Crippen LogP contribution in [0.3, 0.4) is 0 Å². The summed E-state index contributed by atoms with van der Waals surface area (Å²) in [6, 6.07) is 1.86. The van der Waals surface area contributed by atoms with Gasteiger partial charge in [0, 0.05) is 18.5 Å². The standard InChI is InChI=1S/C14H26N6/c1-3-20(4-2)9-5-8-16-12-10-13(19-15)18-14(17-12)11-6-7-11/h10-11H,3-9,15H2,1-2H3,(H2,16,17,18,19). The Morgan fingerprint density at radius 1 is 1.25 bits per heavy atom. The molecule has 1 aliphatic carbocycles. The first-order valence-corrected chi connectivity index (χ1v) is 7.58. The summed E-state index contributed by atoms with van der Waals surface area (Å²) < 4.78 is 0. The Morgan fingerprint density at radius 2 is 1.95 bits per heavy atom. The Balaban J connectivity index is 1.84. The van der Waals surface area contributed by atoms with Crippen molar-refractivity contribution in [3.8, 4) is 0 Å². The molecule has 0 bridgehead atoms.